The Morgan fingerprint density at radius 2 is 2.40 bits per heavy atom. The molecule has 1 fully saturated rings. The van der Waals surface area contributed by atoms with Crippen molar-refractivity contribution in [2.45, 2.75) is 38.8 Å². The van der Waals surface area contributed by atoms with Crippen LogP contribution in [0.1, 0.15) is 35.9 Å². The van der Waals surface area contributed by atoms with Gasteiger partial charge in [-0.3, -0.25) is 4.90 Å². The maximum absolute atomic E-state index is 8.72. The molecule has 1 aromatic heterocycles. The van der Waals surface area contributed by atoms with Crippen molar-refractivity contribution in [3.8, 4) is 11.8 Å². The molecular formula is C16H23NO2S. The van der Waals surface area contributed by atoms with Gasteiger partial charge in [0.1, 0.15) is 0 Å². The molecule has 2 heterocycles. The van der Waals surface area contributed by atoms with Crippen LogP contribution in [0.25, 0.3) is 0 Å². The molecule has 1 aromatic rings. The molecule has 1 unspecified atom stereocenters. The number of ether oxygens (including phenoxy) is 1. The van der Waals surface area contributed by atoms with E-state index in [0.717, 1.165) is 31.1 Å². The predicted molar refractivity (Wildman–Crippen MR) is 82.8 cm³/mol. The summed E-state index contributed by atoms with van der Waals surface area (Å²) in [7, 11) is 0. The van der Waals surface area contributed by atoms with Crippen molar-refractivity contribution in [2.24, 2.45) is 0 Å². The molecule has 4 heteroatoms. The van der Waals surface area contributed by atoms with Crippen molar-refractivity contribution in [1.82, 2.24) is 4.90 Å². The lowest BCUT2D eigenvalue weighted by molar-refractivity contribution is 0.00390. The van der Waals surface area contributed by atoms with E-state index in [4.69, 9.17) is 9.84 Å². The highest BCUT2D eigenvalue weighted by Gasteiger charge is 2.20. The first-order chi connectivity index (χ1) is 9.81. The first-order valence-corrected chi connectivity index (χ1v) is 8.16. The zero-order chi connectivity index (χ0) is 14.2. The number of likely N-dealkylation sites (tertiary alicyclic amines) is 1. The van der Waals surface area contributed by atoms with Crippen molar-refractivity contribution < 1.29 is 9.84 Å². The molecule has 1 aliphatic heterocycles. The Kier molecular flexibility index (Phi) is 6.55. The van der Waals surface area contributed by atoms with Crippen LogP contribution in [0, 0.1) is 11.8 Å². The van der Waals surface area contributed by atoms with E-state index in [0.29, 0.717) is 12.5 Å². The molecule has 0 aliphatic carbocycles. The smallest absolute Gasteiger partial charge is 0.0771 e. The molecule has 0 saturated carbocycles. The molecule has 1 N–H and O–H groups in total. The SMILES string of the molecule is CCOC1CCCN(Cc2ccc(C#CCCO)s2)C1. The Morgan fingerprint density at radius 1 is 1.50 bits per heavy atom. The number of hydrogen-bond acceptors (Lipinski definition) is 4. The van der Waals surface area contributed by atoms with Crippen LogP contribution in [0.2, 0.25) is 0 Å². The predicted octanol–water partition coefficient (Wildman–Crippen LogP) is 2.48. The zero-order valence-corrected chi connectivity index (χ0v) is 12.9. The second-order valence-corrected chi connectivity index (χ2v) is 6.16. The summed E-state index contributed by atoms with van der Waals surface area (Å²) in [5.41, 5.74) is 0. The monoisotopic (exact) mass is 293 g/mol. The van der Waals surface area contributed by atoms with Gasteiger partial charge in [0.2, 0.25) is 0 Å². The molecule has 110 valence electrons. The van der Waals surface area contributed by atoms with Crippen molar-refractivity contribution in [1.29, 1.82) is 0 Å². The van der Waals surface area contributed by atoms with Crippen LogP contribution in [-0.2, 0) is 11.3 Å². The molecule has 2 rings (SSSR count). The van der Waals surface area contributed by atoms with Gasteiger partial charge in [-0.05, 0) is 38.4 Å². The number of piperidine rings is 1. The molecule has 0 amide bonds. The number of thiophene rings is 1. The normalized spacial score (nSPS) is 19.6. The van der Waals surface area contributed by atoms with E-state index in [1.807, 2.05) is 0 Å². The van der Waals surface area contributed by atoms with Gasteiger partial charge in [0, 0.05) is 31.0 Å². The van der Waals surface area contributed by atoms with E-state index < -0.39 is 0 Å². The van der Waals surface area contributed by atoms with Crippen LogP contribution in [0.4, 0.5) is 0 Å². The third-order valence-electron chi connectivity index (χ3n) is 3.35. The minimum Gasteiger partial charge on any atom is -0.395 e. The maximum atomic E-state index is 8.72. The van der Waals surface area contributed by atoms with E-state index in [9.17, 15) is 0 Å². The van der Waals surface area contributed by atoms with E-state index >= 15 is 0 Å². The Hall–Kier alpha value is -0.860. The van der Waals surface area contributed by atoms with E-state index in [1.54, 1.807) is 11.3 Å². The molecule has 1 aliphatic rings. The highest BCUT2D eigenvalue weighted by atomic mass is 32.1. The summed E-state index contributed by atoms with van der Waals surface area (Å²) in [6.07, 6.45) is 3.36. The number of rotatable bonds is 5. The van der Waals surface area contributed by atoms with E-state index in [-0.39, 0.29) is 6.61 Å². The van der Waals surface area contributed by atoms with Gasteiger partial charge in [-0.15, -0.1) is 11.3 Å². The quantitative estimate of drug-likeness (QED) is 0.847. The lowest BCUT2D eigenvalue weighted by atomic mass is 10.1. The van der Waals surface area contributed by atoms with Crippen LogP contribution >= 0.6 is 11.3 Å². The van der Waals surface area contributed by atoms with Gasteiger partial charge in [-0.25, -0.2) is 0 Å². The lowest BCUT2D eigenvalue weighted by Crippen LogP contribution is -2.39. The molecule has 0 radical (unpaired) electrons. The second-order valence-electron chi connectivity index (χ2n) is 5.00. The molecule has 0 bridgehead atoms. The van der Waals surface area contributed by atoms with Crippen molar-refractivity contribution >= 4 is 11.3 Å². The fraction of sp³-hybridized carbons (Fsp3) is 0.625. The summed E-state index contributed by atoms with van der Waals surface area (Å²) in [5, 5.41) is 8.72. The van der Waals surface area contributed by atoms with Crippen LogP contribution in [-0.4, -0.2) is 42.4 Å². The average Bonchev–Trinajstić information content (AvgIpc) is 2.87. The standard InChI is InChI=1S/C16H23NO2S/c1-2-19-14-6-5-10-17(12-14)13-16-9-8-15(20-16)7-3-4-11-18/h8-9,14,18H,2,4-6,10-13H2,1H3. The lowest BCUT2D eigenvalue weighted by Gasteiger charge is -2.32. The van der Waals surface area contributed by atoms with Crippen LogP contribution in [0.5, 0.6) is 0 Å². The Morgan fingerprint density at radius 3 is 3.20 bits per heavy atom. The Bertz CT molecular complexity index is 459. The maximum Gasteiger partial charge on any atom is 0.0771 e. The van der Waals surface area contributed by atoms with Crippen molar-refractivity contribution in [3.63, 3.8) is 0 Å². The number of aliphatic hydroxyl groups is 1. The first-order valence-electron chi connectivity index (χ1n) is 7.34. The zero-order valence-electron chi connectivity index (χ0n) is 12.1. The Labute approximate surface area is 125 Å². The molecule has 3 nitrogen and oxygen atoms in total. The first kappa shape index (κ1) is 15.5. The molecule has 0 aromatic carbocycles. The van der Waals surface area contributed by atoms with E-state index in [2.05, 4.69) is 35.8 Å². The minimum atomic E-state index is 0.137. The highest BCUT2D eigenvalue weighted by molar-refractivity contribution is 7.12. The fourth-order valence-corrected chi connectivity index (χ4v) is 3.41. The third kappa shape index (κ3) is 4.92. The van der Waals surface area contributed by atoms with Gasteiger partial charge in [-0.1, -0.05) is 11.8 Å². The second kappa shape index (κ2) is 8.43. The van der Waals surface area contributed by atoms with Crippen molar-refractivity contribution in [2.75, 3.05) is 26.3 Å². The number of aliphatic hydroxyl groups excluding tert-OH is 1. The van der Waals surface area contributed by atoms with Crippen LogP contribution in [0.15, 0.2) is 12.1 Å². The van der Waals surface area contributed by atoms with Crippen LogP contribution < -0.4 is 0 Å². The summed E-state index contributed by atoms with van der Waals surface area (Å²) in [4.78, 5) is 4.92. The number of hydrogen-bond donors (Lipinski definition) is 1. The Balaban J connectivity index is 1.85. The topological polar surface area (TPSA) is 32.7 Å². The van der Waals surface area contributed by atoms with Crippen LogP contribution in [0.3, 0.4) is 0 Å². The summed E-state index contributed by atoms with van der Waals surface area (Å²) < 4.78 is 5.74. The molecule has 1 saturated heterocycles. The third-order valence-corrected chi connectivity index (χ3v) is 4.34. The highest BCUT2D eigenvalue weighted by Crippen LogP contribution is 2.21. The van der Waals surface area contributed by atoms with Gasteiger partial charge < -0.3 is 9.84 Å². The van der Waals surface area contributed by atoms with Gasteiger partial charge in [0.15, 0.2) is 0 Å². The minimum absolute atomic E-state index is 0.137. The molecule has 1 atom stereocenters. The molecule has 20 heavy (non-hydrogen) atoms. The van der Waals surface area contributed by atoms with Gasteiger partial charge in [0.05, 0.1) is 17.6 Å². The fourth-order valence-electron chi connectivity index (χ4n) is 2.48. The summed E-state index contributed by atoms with van der Waals surface area (Å²) in [6.45, 7) is 6.20. The number of nitrogens with zero attached hydrogens (tertiary/aromatic N) is 1. The molecule has 0 spiro atoms. The van der Waals surface area contributed by atoms with Gasteiger partial charge in [-0.2, -0.15) is 0 Å². The largest absolute Gasteiger partial charge is 0.395 e. The average molecular weight is 293 g/mol. The van der Waals surface area contributed by atoms with Crippen molar-refractivity contribution in [3.05, 3.63) is 21.9 Å². The van der Waals surface area contributed by atoms with Gasteiger partial charge in [0.25, 0.3) is 0 Å². The molecular weight excluding hydrogens is 270 g/mol. The van der Waals surface area contributed by atoms with Gasteiger partial charge >= 0.3 is 0 Å². The summed E-state index contributed by atoms with van der Waals surface area (Å²) in [6, 6.07) is 4.24. The summed E-state index contributed by atoms with van der Waals surface area (Å²) in [5.74, 6) is 6.07. The summed E-state index contributed by atoms with van der Waals surface area (Å²) >= 11 is 1.75. The van der Waals surface area contributed by atoms with E-state index in [1.165, 1.54) is 17.7 Å².